The Morgan fingerprint density at radius 3 is 2.32 bits per heavy atom. The second-order valence-corrected chi connectivity index (χ2v) is 6.26. The number of halogens is 2. The van der Waals surface area contributed by atoms with E-state index in [2.05, 4.69) is 48.0 Å². The van der Waals surface area contributed by atoms with Crippen LogP contribution in [0.25, 0.3) is 0 Å². The molecule has 2 aromatic rings. The molecule has 1 unspecified atom stereocenters. The van der Waals surface area contributed by atoms with Crippen molar-refractivity contribution in [2.75, 3.05) is 0 Å². The van der Waals surface area contributed by atoms with Crippen molar-refractivity contribution >= 4 is 27.5 Å². The third kappa shape index (κ3) is 3.82. The lowest BCUT2D eigenvalue weighted by molar-refractivity contribution is 0.717. The Bertz CT molecular complexity index is 575. The lowest BCUT2D eigenvalue weighted by Gasteiger charge is -2.15. The van der Waals surface area contributed by atoms with Gasteiger partial charge in [0.2, 0.25) is 0 Å². The molecule has 2 N–H and O–H groups in total. The maximum Gasteiger partial charge on any atom is 0.0417 e. The Morgan fingerprint density at radius 1 is 1.11 bits per heavy atom. The molecule has 1 nitrogen and oxygen atoms in total. The van der Waals surface area contributed by atoms with Gasteiger partial charge in [0.05, 0.1) is 0 Å². The van der Waals surface area contributed by atoms with Gasteiger partial charge in [0.15, 0.2) is 0 Å². The second-order valence-electron chi connectivity index (χ2n) is 4.97. The standard InChI is InChI=1S/C16H17BrClN/c1-10-5-11(2)7-12(6-10)8-16(19)14-4-3-13(18)9-15(14)17/h3-7,9,16H,8,19H2,1-2H3. The van der Waals surface area contributed by atoms with Gasteiger partial charge in [-0.25, -0.2) is 0 Å². The summed E-state index contributed by atoms with van der Waals surface area (Å²) in [6, 6.07) is 12.3. The number of nitrogens with two attached hydrogens (primary N) is 1. The van der Waals surface area contributed by atoms with Gasteiger partial charge in [0.25, 0.3) is 0 Å². The van der Waals surface area contributed by atoms with Gasteiger partial charge in [-0.3, -0.25) is 0 Å². The molecule has 0 amide bonds. The van der Waals surface area contributed by atoms with Crippen molar-refractivity contribution in [1.29, 1.82) is 0 Å². The largest absolute Gasteiger partial charge is 0.324 e. The van der Waals surface area contributed by atoms with Crippen LogP contribution in [0.2, 0.25) is 5.02 Å². The lowest BCUT2D eigenvalue weighted by atomic mass is 9.97. The monoisotopic (exact) mass is 337 g/mol. The predicted molar refractivity (Wildman–Crippen MR) is 85.7 cm³/mol. The fourth-order valence-corrected chi connectivity index (χ4v) is 3.33. The average molecular weight is 339 g/mol. The van der Waals surface area contributed by atoms with Crippen molar-refractivity contribution in [2.24, 2.45) is 5.73 Å². The maximum absolute atomic E-state index is 6.30. The first-order chi connectivity index (χ1) is 8.95. The highest BCUT2D eigenvalue weighted by Crippen LogP contribution is 2.27. The summed E-state index contributed by atoms with van der Waals surface area (Å²) < 4.78 is 0.969. The summed E-state index contributed by atoms with van der Waals surface area (Å²) >= 11 is 9.48. The van der Waals surface area contributed by atoms with Gasteiger partial charge in [-0.15, -0.1) is 0 Å². The third-order valence-electron chi connectivity index (χ3n) is 3.10. The molecule has 0 heterocycles. The Kier molecular flexibility index (Phi) is 4.67. The SMILES string of the molecule is Cc1cc(C)cc(CC(N)c2ccc(Cl)cc2Br)c1. The molecule has 0 aromatic heterocycles. The Hall–Kier alpha value is -0.830. The number of hydrogen-bond acceptors (Lipinski definition) is 1. The van der Waals surface area contributed by atoms with Gasteiger partial charge >= 0.3 is 0 Å². The van der Waals surface area contributed by atoms with Crippen molar-refractivity contribution in [3.8, 4) is 0 Å². The summed E-state index contributed by atoms with van der Waals surface area (Å²) in [4.78, 5) is 0. The topological polar surface area (TPSA) is 26.0 Å². The molecule has 0 saturated heterocycles. The van der Waals surface area contributed by atoms with Gasteiger partial charge in [0.1, 0.15) is 0 Å². The van der Waals surface area contributed by atoms with Crippen molar-refractivity contribution in [1.82, 2.24) is 0 Å². The molecular weight excluding hydrogens is 322 g/mol. The maximum atomic E-state index is 6.30. The molecule has 0 aliphatic rings. The van der Waals surface area contributed by atoms with Crippen LogP contribution >= 0.6 is 27.5 Å². The molecule has 2 aromatic carbocycles. The first kappa shape index (κ1) is 14.6. The minimum Gasteiger partial charge on any atom is -0.324 e. The van der Waals surface area contributed by atoms with Crippen molar-refractivity contribution < 1.29 is 0 Å². The molecule has 0 radical (unpaired) electrons. The highest BCUT2D eigenvalue weighted by Gasteiger charge is 2.11. The van der Waals surface area contributed by atoms with Gasteiger partial charge < -0.3 is 5.73 Å². The third-order valence-corrected chi connectivity index (χ3v) is 4.02. The molecule has 1 atom stereocenters. The summed E-state index contributed by atoms with van der Waals surface area (Å²) in [5, 5.41) is 0.717. The van der Waals surface area contributed by atoms with Gasteiger partial charge in [-0.1, -0.05) is 62.9 Å². The summed E-state index contributed by atoms with van der Waals surface area (Å²) in [7, 11) is 0. The average Bonchev–Trinajstić information content (AvgIpc) is 2.26. The molecule has 0 aliphatic heterocycles. The van der Waals surface area contributed by atoms with Crippen LogP contribution in [0.15, 0.2) is 40.9 Å². The quantitative estimate of drug-likeness (QED) is 0.841. The predicted octanol–water partition coefficient (Wildman–Crippen LogP) is 4.96. The van der Waals surface area contributed by atoms with Crippen LogP contribution in [0.3, 0.4) is 0 Å². The smallest absolute Gasteiger partial charge is 0.0417 e. The fourth-order valence-electron chi connectivity index (χ4n) is 2.35. The molecule has 2 rings (SSSR count). The summed E-state index contributed by atoms with van der Waals surface area (Å²) in [6.45, 7) is 4.22. The van der Waals surface area contributed by atoms with E-state index in [1.54, 1.807) is 0 Å². The molecule has 0 spiro atoms. The molecule has 0 fully saturated rings. The Morgan fingerprint density at radius 2 is 1.74 bits per heavy atom. The van der Waals surface area contributed by atoms with E-state index < -0.39 is 0 Å². The zero-order chi connectivity index (χ0) is 14.0. The fraction of sp³-hybridized carbons (Fsp3) is 0.250. The minimum atomic E-state index is -0.0344. The minimum absolute atomic E-state index is 0.0344. The van der Waals surface area contributed by atoms with Crippen molar-refractivity contribution in [2.45, 2.75) is 26.3 Å². The van der Waals surface area contributed by atoms with E-state index in [0.29, 0.717) is 5.02 Å². The Labute approximate surface area is 127 Å². The van der Waals surface area contributed by atoms with E-state index in [1.807, 2.05) is 18.2 Å². The normalized spacial score (nSPS) is 12.5. The van der Waals surface area contributed by atoms with Gasteiger partial charge in [-0.2, -0.15) is 0 Å². The summed E-state index contributed by atoms with van der Waals surface area (Å²) in [5.41, 5.74) is 11.2. The molecule has 0 aliphatic carbocycles. The Balaban J connectivity index is 2.22. The van der Waals surface area contributed by atoms with E-state index >= 15 is 0 Å². The van der Waals surface area contributed by atoms with Crippen LogP contribution < -0.4 is 5.73 Å². The van der Waals surface area contributed by atoms with Crippen LogP contribution in [-0.4, -0.2) is 0 Å². The summed E-state index contributed by atoms with van der Waals surface area (Å²) in [6.07, 6.45) is 0.822. The molecule has 3 heteroatoms. The molecule has 19 heavy (non-hydrogen) atoms. The van der Waals surface area contributed by atoms with E-state index in [4.69, 9.17) is 17.3 Å². The van der Waals surface area contributed by atoms with E-state index in [9.17, 15) is 0 Å². The van der Waals surface area contributed by atoms with Gasteiger partial charge in [-0.05, 0) is 43.5 Å². The van der Waals surface area contributed by atoms with Crippen LogP contribution in [0, 0.1) is 13.8 Å². The molecule has 0 saturated carbocycles. The highest BCUT2D eigenvalue weighted by molar-refractivity contribution is 9.10. The number of aryl methyl sites for hydroxylation is 2. The van der Waals surface area contributed by atoms with Crippen molar-refractivity contribution in [3.05, 3.63) is 68.1 Å². The summed E-state index contributed by atoms with van der Waals surface area (Å²) in [5.74, 6) is 0. The zero-order valence-electron chi connectivity index (χ0n) is 11.1. The molecule has 0 bridgehead atoms. The van der Waals surface area contributed by atoms with Crippen molar-refractivity contribution in [3.63, 3.8) is 0 Å². The lowest BCUT2D eigenvalue weighted by Crippen LogP contribution is -2.14. The molecular formula is C16H17BrClN. The van der Waals surface area contributed by atoms with Gasteiger partial charge in [0, 0.05) is 15.5 Å². The zero-order valence-corrected chi connectivity index (χ0v) is 13.4. The first-order valence-electron chi connectivity index (χ1n) is 6.23. The van der Waals surface area contributed by atoms with Crippen LogP contribution in [0.4, 0.5) is 0 Å². The number of rotatable bonds is 3. The van der Waals surface area contributed by atoms with Crippen LogP contribution in [0.5, 0.6) is 0 Å². The van der Waals surface area contributed by atoms with E-state index in [0.717, 1.165) is 16.5 Å². The van der Waals surface area contributed by atoms with E-state index in [1.165, 1.54) is 16.7 Å². The van der Waals surface area contributed by atoms with Crippen LogP contribution in [-0.2, 0) is 6.42 Å². The second kappa shape index (κ2) is 6.08. The van der Waals surface area contributed by atoms with Crippen LogP contribution in [0.1, 0.15) is 28.3 Å². The van der Waals surface area contributed by atoms with E-state index in [-0.39, 0.29) is 6.04 Å². The number of benzene rings is 2. The first-order valence-corrected chi connectivity index (χ1v) is 7.40. The number of hydrogen-bond donors (Lipinski definition) is 1. The highest BCUT2D eigenvalue weighted by atomic mass is 79.9. The molecule has 100 valence electrons.